The second-order valence-electron chi connectivity index (χ2n) is 6.29. The van der Waals surface area contributed by atoms with Crippen molar-refractivity contribution < 1.29 is 18.3 Å². The Balaban J connectivity index is 2.28. The first-order valence-electron chi connectivity index (χ1n) is 8.24. The van der Waals surface area contributed by atoms with Crippen LogP contribution in [0.3, 0.4) is 0 Å². The fourth-order valence-electron chi connectivity index (χ4n) is 2.79. The second kappa shape index (κ2) is 6.88. The highest BCUT2D eigenvalue weighted by molar-refractivity contribution is 7.90. The fraction of sp³-hybridized carbons (Fsp3) is 0.158. The Morgan fingerprint density at radius 2 is 1.81 bits per heavy atom. The highest BCUT2D eigenvalue weighted by Crippen LogP contribution is 2.29. The number of benzene rings is 2. The Hall–Kier alpha value is -3.13. The summed E-state index contributed by atoms with van der Waals surface area (Å²) in [4.78, 5) is 15.5. The van der Waals surface area contributed by atoms with Crippen LogP contribution in [0, 0.1) is 0 Å². The predicted octanol–water partition coefficient (Wildman–Crippen LogP) is 2.72. The third kappa shape index (κ3) is 3.43. The average molecular weight is 385 g/mol. The second-order valence-corrected chi connectivity index (χ2v) is 8.63. The molecule has 1 aromatic heterocycles. The third-order valence-corrected chi connectivity index (χ3v) is 6.24. The number of fused-ring (bicyclic) bond motifs is 1. The van der Waals surface area contributed by atoms with Crippen LogP contribution in [0.5, 0.6) is 0 Å². The molecule has 0 bridgehead atoms. The van der Waals surface area contributed by atoms with Crippen molar-refractivity contribution in [3.05, 3.63) is 65.7 Å². The Bertz CT molecular complexity index is 1150. The van der Waals surface area contributed by atoms with E-state index in [0.717, 1.165) is 10.0 Å². The van der Waals surface area contributed by atoms with E-state index in [4.69, 9.17) is 5.73 Å². The summed E-state index contributed by atoms with van der Waals surface area (Å²) in [5, 5.41) is 8.58. The molecule has 0 amide bonds. The lowest BCUT2D eigenvalue weighted by atomic mass is 9.97. The SMILES string of the molecule is CC(C)S(=O)(=O)n1c(N)nc2ccc(/C(=C/C(=O)O)c3ccccc3)cc21. The number of hydrogen-bond acceptors (Lipinski definition) is 5. The van der Waals surface area contributed by atoms with Crippen LogP contribution in [0.4, 0.5) is 5.95 Å². The first kappa shape index (κ1) is 18.7. The van der Waals surface area contributed by atoms with Gasteiger partial charge in [-0.3, -0.25) is 0 Å². The molecular formula is C19H19N3O4S. The molecule has 3 aromatic rings. The summed E-state index contributed by atoms with van der Waals surface area (Å²) in [5.41, 5.74) is 8.30. The van der Waals surface area contributed by atoms with Gasteiger partial charge in [-0.15, -0.1) is 0 Å². The smallest absolute Gasteiger partial charge is 0.328 e. The lowest BCUT2D eigenvalue weighted by Gasteiger charge is -2.12. The van der Waals surface area contributed by atoms with Crippen molar-refractivity contribution in [1.82, 2.24) is 8.96 Å². The molecular weight excluding hydrogens is 366 g/mol. The molecule has 0 radical (unpaired) electrons. The van der Waals surface area contributed by atoms with Crippen molar-refractivity contribution >= 4 is 38.5 Å². The van der Waals surface area contributed by atoms with E-state index in [1.165, 1.54) is 0 Å². The molecule has 0 aliphatic heterocycles. The van der Waals surface area contributed by atoms with Gasteiger partial charge >= 0.3 is 5.97 Å². The zero-order chi connectivity index (χ0) is 19.8. The Kier molecular flexibility index (Phi) is 4.75. The van der Waals surface area contributed by atoms with Gasteiger partial charge in [0.15, 0.2) is 0 Å². The van der Waals surface area contributed by atoms with Gasteiger partial charge in [0.1, 0.15) is 0 Å². The van der Waals surface area contributed by atoms with Crippen LogP contribution in [0.2, 0.25) is 0 Å². The minimum Gasteiger partial charge on any atom is -0.478 e. The standard InChI is InChI=1S/C19H19N3O4S/c1-12(2)27(25,26)22-17-10-14(8-9-16(17)21-19(22)20)15(11-18(23)24)13-6-4-3-5-7-13/h3-12H,1-2H3,(H2,20,21)(H,23,24)/b15-11+. The average Bonchev–Trinajstić information content (AvgIpc) is 2.95. The van der Waals surface area contributed by atoms with Crippen LogP contribution < -0.4 is 5.73 Å². The van der Waals surface area contributed by atoms with Gasteiger partial charge in [-0.2, -0.15) is 0 Å². The van der Waals surface area contributed by atoms with Gasteiger partial charge in [-0.05, 0) is 42.7 Å². The van der Waals surface area contributed by atoms with Gasteiger partial charge in [0, 0.05) is 6.08 Å². The summed E-state index contributed by atoms with van der Waals surface area (Å²) in [6, 6.07) is 13.9. The number of anilines is 1. The largest absolute Gasteiger partial charge is 0.478 e. The molecule has 0 saturated carbocycles. The first-order chi connectivity index (χ1) is 12.7. The van der Waals surface area contributed by atoms with Crippen LogP contribution in [0.25, 0.3) is 16.6 Å². The third-order valence-electron chi connectivity index (χ3n) is 4.15. The number of carboxylic acids is 1. The molecule has 2 aromatic carbocycles. The molecule has 0 aliphatic carbocycles. The van der Waals surface area contributed by atoms with Gasteiger partial charge < -0.3 is 10.8 Å². The van der Waals surface area contributed by atoms with Gasteiger partial charge in [0.05, 0.1) is 16.3 Å². The Morgan fingerprint density at radius 1 is 1.15 bits per heavy atom. The number of nitrogens with zero attached hydrogens (tertiary/aromatic N) is 2. The van der Waals surface area contributed by atoms with Gasteiger partial charge in [0.25, 0.3) is 0 Å². The molecule has 0 unspecified atom stereocenters. The number of imidazole rings is 1. The minimum atomic E-state index is -3.73. The highest BCUT2D eigenvalue weighted by atomic mass is 32.2. The molecule has 0 saturated heterocycles. The van der Waals surface area contributed by atoms with Crippen LogP contribution in [-0.4, -0.2) is 33.7 Å². The number of rotatable bonds is 5. The van der Waals surface area contributed by atoms with Gasteiger partial charge in [-0.1, -0.05) is 36.4 Å². The molecule has 1 heterocycles. The fourth-order valence-corrected chi connectivity index (χ4v) is 3.94. The molecule has 3 rings (SSSR count). The van der Waals surface area contributed by atoms with Crippen LogP contribution in [-0.2, 0) is 14.8 Å². The Labute approximate surface area is 156 Å². The van der Waals surface area contributed by atoms with Crippen molar-refractivity contribution in [2.75, 3.05) is 5.73 Å². The number of aromatic nitrogens is 2. The number of hydrogen-bond donors (Lipinski definition) is 2. The molecule has 0 fully saturated rings. The first-order valence-corrected chi connectivity index (χ1v) is 9.75. The molecule has 0 spiro atoms. The maximum absolute atomic E-state index is 12.7. The summed E-state index contributed by atoms with van der Waals surface area (Å²) in [6.45, 7) is 3.12. The Morgan fingerprint density at radius 3 is 2.41 bits per heavy atom. The number of nitrogen functional groups attached to an aromatic ring is 1. The molecule has 3 N–H and O–H groups in total. The number of nitrogens with two attached hydrogens (primary N) is 1. The predicted molar refractivity (Wildman–Crippen MR) is 105 cm³/mol. The van der Waals surface area contributed by atoms with Crippen LogP contribution in [0.15, 0.2) is 54.6 Å². The summed E-state index contributed by atoms with van der Waals surface area (Å²) < 4.78 is 26.4. The van der Waals surface area contributed by atoms with E-state index in [1.54, 1.807) is 56.3 Å². The number of carboxylic acid groups (broad SMARTS) is 1. The van der Waals surface area contributed by atoms with Crippen molar-refractivity contribution in [2.24, 2.45) is 0 Å². The van der Waals surface area contributed by atoms with Gasteiger partial charge in [-0.25, -0.2) is 22.2 Å². The molecule has 7 nitrogen and oxygen atoms in total. The zero-order valence-electron chi connectivity index (χ0n) is 14.8. The number of aliphatic carboxylic acids is 1. The monoisotopic (exact) mass is 385 g/mol. The maximum atomic E-state index is 12.7. The van der Waals surface area contributed by atoms with Crippen LogP contribution in [0.1, 0.15) is 25.0 Å². The van der Waals surface area contributed by atoms with E-state index >= 15 is 0 Å². The van der Waals surface area contributed by atoms with Crippen molar-refractivity contribution in [3.63, 3.8) is 0 Å². The van der Waals surface area contributed by atoms with E-state index in [0.29, 0.717) is 27.7 Å². The van der Waals surface area contributed by atoms with Crippen molar-refractivity contribution in [1.29, 1.82) is 0 Å². The molecule has 8 heteroatoms. The lowest BCUT2D eigenvalue weighted by molar-refractivity contribution is -0.131. The molecule has 140 valence electrons. The van der Waals surface area contributed by atoms with Crippen LogP contribution >= 0.6 is 0 Å². The van der Waals surface area contributed by atoms with E-state index in [9.17, 15) is 18.3 Å². The summed E-state index contributed by atoms with van der Waals surface area (Å²) >= 11 is 0. The van der Waals surface area contributed by atoms with E-state index in [2.05, 4.69) is 4.98 Å². The molecule has 0 atom stereocenters. The normalized spacial score (nSPS) is 12.6. The van der Waals surface area contributed by atoms with E-state index < -0.39 is 21.2 Å². The highest BCUT2D eigenvalue weighted by Gasteiger charge is 2.24. The van der Waals surface area contributed by atoms with Crippen molar-refractivity contribution in [2.45, 2.75) is 19.1 Å². The van der Waals surface area contributed by atoms with Crippen molar-refractivity contribution in [3.8, 4) is 0 Å². The summed E-state index contributed by atoms with van der Waals surface area (Å²) in [7, 11) is -3.73. The summed E-state index contributed by atoms with van der Waals surface area (Å²) in [6.07, 6.45) is 1.09. The quantitative estimate of drug-likeness (QED) is 0.653. The number of carbonyl (C=O) groups is 1. The summed E-state index contributed by atoms with van der Waals surface area (Å²) in [5.74, 6) is -1.23. The topological polar surface area (TPSA) is 115 Å². The lowest BCUT2D eigenvalue weighted by Crippen LogP contribution is -2.23. The van der Waals surface area contributed by atoms with E-state index in [1.807, 2.05) is 6.07 Å². The minimum absolute atomic E-state index is 0.126. The zero-order valence-corrected chi connectivity index (χ0v) is 15.6. The molecule has 0 aliphatic rings. The molecule has 27 heavy (non-hydrogen) atoms. The van der Waals surface area contributed by atoms with E-state index in [-0.39, 0.29) is 5.95 Å². The van der Waals surface area contributed by atoms with Gasteiger partial charge in [0.2, 0.25) is 16.0 Å². The maximum Gasteiger partial charge on any atom is 0.328 e.